The average Bonchev–Trinajstić information content (AvgIpc) is 2.30. The third-order valence-corrected chi connectivity index (χ3v) is 3.79. The van der Waals surface area contributed by atoms with Crippen molar-refractivity contribution in [1.82, 2.24) is 0 Å². The molecule has 2 heteroatoms. The zero-order valence-electron chi connectivity index (χ0n) is 10.2. The van der Waals surface area contributed by atoms with Gasteiger partial charge in [0, 0.05) is 11.3 Å². The van der Waals surface area contributed by atoms with Crippen molar-refractivity contribution in [1.29, 1.82) is 0 Å². The summed E-state index contributed by atoms with van der Waals surface area (Å²) in [6.45, 7) is 0. The minimum Gasteiger partial charge on any atom is -0.398 e. The largest absolute Gasteiger partial charge is 0.398 e. The highest BCUT2D eigenvalue weighted by atomic mass is 19.1. The number of hydrogen-bond acceptors (Lipinski definition) is 1. The van der Waals surface area contributed by atoms with E-state index in [1.807, 2.05) is 12.1 Å². The van der Waals surface area contributed by atoms with Gasteiger partial charge in [-0.2, -0.15) is 0 Å². The van der Waals surface area contributed by atoms with E-state index >= 15 is 0 Å². The second kappa shape index (κ2) is 4.45. The van der Waals surface area contributed by atoms with Crippen molar-refractivity contribution in [3.8, 4) is 11.1 Å². The van der Waals surface area contributed by atoms with Gasteiger partial charge in [-0.15, -0.1) is 0 Å². The summed E-state index contributed by atoms with van der Waals surface area (Å²) in [5.74, 6) is 0.438. The molecule has 0 unspecified atom stereocenters. The quantitative estimate of drug-likeness (QED) is 0.777. The van der Waals surface area contributed by atoms with Gasteiger partial charge in [0.25, 0.3) is 0 Å². The van der Waals surface area contributed by atoms with Crippen molar-refractivity contribution in [2.75, 3.05) is 5.73 Å². The van der Waals surface area contributed by atoms with Crippen LogP contribution in [-0.4, -0.2) is 0 Å². The molecular weight excluding hydrogens is 225 g/mol. The molecule has 0 radical (unpaired) electrons. The molecule has 0 atom stereocenters. The fraction of sp³-hybridized carbons (Fsp3) is 0.250. The Morgan fingerprint density at radius 3 is 2.61 bits per heavy atom. The Labute approximate surface area is 106 Å². The Morgan fingerprint density at radius 2 is 1.89 bits per heavy atom. The first-order valence-electron chi connectivity index (χ1n) is 6.39. The van der Waals surface area contributed by atoms with E-state index in [0.717, 1.165) is 11.1 Å². The van der Waals surface area contributed by atoms with Crippen molar-refractivity contribution in [2.45, 2.75) is 25.2 Å². The Hall–Kier alpha value is -1.83. The van der Waals surface area contributed by atoms with Gasteiger partial charge in [-0.05, 0) is 48.1 Å². The summed E-state index contributed by atoms with van der Waals surface area (Å²) in [7, 11) is 0. The number of benzene rings is 2. The lowest BCUT2D eigenvalue weighted by Gasteiger charge is -2.26. The van der Waals surface area contributed by atoms with E-state index < -0.39 is 0 Å². The third-order valence-electron chi connectivity index (χ3n) is 3.79. The summed E-state index contributed by atoms with van der Waals surface area (Å²) >= 11 is 0. The highest BCUT2D eigenvalue weighted by Crippen LogP contribution is 2.38. The standard InChI is InChI=1S/C16H16FN/c17-14-7-8-16(18)15(10-14)13-6-2-5-12(9-13)11-3-1-4-11/h2,5-11H,1,3-4,18H2. The molecule has 18 heavy (non-hydrogen) atoms. The molecule has 2 aromatic carbocycles. The van der Waals surface area contributed by atoms with Gasteiger partial charge in [-0.1, -0.05) is 30.7 Å². The topological polar surface area (TPSA) is 26.0 Å². The second-order valence-electron chi connectivity index (χ2n) is 4.98. The number of hydrogen-bond donors (Lipinski definition) is 1. The van der Waals surface area contributed by atoms with Gasteiger partial charge in [0.05, 0.1) is 0 Å². The Kier molecular flexibility index (Phi) is 2.78. The van der Waals surface area contributed by atoms with E-state index in [2.05, 4.69) is 12.1 Å². The predicted molar refractivity (Wildman–Crippen MR) is 72.8 cm³/mol. The molecule has 1 saturated carbocycles. The summed E-state index contributed by atoms with van der Waals surface area (Å²) < 4.78 is 13.3. The van der Waals surface area contributed by atoms with E-state index in [4.69, 9.17) is 5.73 Å². The van der Waals surface area contributed by atoms with Crippen LogP contribution in [0.4, 0.5) is 10.1 Å². The van der Waals surface area contributed by atoms with E-state index in [1.165, 1.54) is 37.0 Å². The number of rotatable bonds is 2. The van der Waals surface area contributed by atoms with Crippen LogP contribution in [0.5, 0.6) is 0 Å². The molecule has 1 aliphatic carbocycles. The maximum absolute atomic E-state index is 13.3. The summed E-state index contributed by atoms with van der Waals surface area (Å²) in [6, 6.07) is 12.9. The fourth-order valence-corrected chi connectivity index (χ4v) is 2.48. The molecule has 0 bridgehead atoms. The number of anilines is 1. The first-order valence-corrected chi connectivity index (χ1v) is 6.39. The van der Waals surface area contributed by atoms with Gasteiger partial charge in [-0.25, -0.2) is 4.39 Å². The lowest BCUT2D eigenvalue weighted by Crippen LogP contribution is -2.08. The average molecular weight is 241 g/mol. The van der Waals surface area contributed by atoms with Gasteiger partial charge >= 0.3 is 0 Å². The molecule has 1 aliphatic rings. The number of nitrogen functional groups attached to an aromatic ring is 1. The molecule has 0 aliphatic heterocycles. The molecule has 92 valence electrons. The predicted octanol–water partition coefficient (Wildman–Crippen LogP) is 4.34. The van der Waals surface area contributed by atoms with Gasteiger partial charge in [0.2, 0.25) is 0 Å². The van der Waals surface area contributed by atoms with Gasteiger partial charge in [0.1, 0.15) is 5.82 Å². The van der Waals surface area contributed by atoms with Crippen LogP contribution in [0.1, 0.15) is 30.7 Å². The fourth-order valence-electron chi connectivity index (χ4n) is 2.48. The van der Waals surface area contributed by atoms with Crippen LogP contribution in [-0.2, 0) is 0 Å². The maximum Gasteiger partial charge on any atom is 0.123 e. The highest BCUT2D eigenvalue weighted by molar-refractivity contribution is 5.76. The van der Waals surface area contributed by atoms with E-state index in [-0.39, 0.29) is 5.82 Å². The molecule has 1 nitrogen and oxygen atoms in total. The monoisotopic (exact) mass is 241 g/mol. The molecule has 0 aromatic heterocycles. The SMILES string of the molecule is Nc1ccc(F)cc1-c1cccc(C2CCC2)c1. The first kappa shape index (κ1) is 11.3. The lowest BCUT2D eigenvalue weighted by molar-refractivity contribution is 0.420. The Bertz CT molecular complexity index is 573. The van der Waals surface area contributed by atoms with Gasteiger partial charge < -0.3 is 5.73 Å². The van der Waals surface area contributed by atoms with Gasteiger partial charge in [-0.3, -0.25) is 0 Å². The molecule has 2 aromatic rings. The zero-order chi connectivity index (χ0) is 12.5. The molecular formula is C16H16FN. The molecule has 1 fully saturated rings. The summed E-state index contributed by atoms with van der Waals surface area (Å²) in [6.07, 6.45) is 3.85. The normalized spacial score (nSPS) is 15.4. The van der Waals surface area contributed by atoms with Crippen molar-refractivity contribution in [2.24, 2.45) is 0 Å². The van der Waals surface area contributed by atoms with E-state index in [9.17, 15) is 4.39 Å². The van der Waals surface area contributed by atoms with Crippen LogP contribution >= 0.6 is 0 Å². The van der Waals surface area contributed by atoms with Crippen LogP contribution in [0.25, 0.3) is 11.1 Å². The summed E-state index contributed by atoms with van der Waals surface area (Å²) in [4.78, 5) is 0. The molecule has 0 saturated heterocycles. The molecule has 0 spiro atoms. The van der Waals surface area contributed by atoms with E-state index in [0.29, 0.717) is 11.6 Å². The zero-order valence-corrected chi connectivity index (χ0v) is 10.2. The van der Waals surface area contributed by atoms with Crippen molar-refractivity contribution >= 4 is 5.69 Å². The minimum atomic E-state index is -0.242. The van der Waals surface area contributed by atoms with Crippen LogP contribution < -0.4 is 5.73 Å². The molecule has 0 heterocycles. The minimum absolute atomic E-state index is 0.242. The highest BCUT2D eigenvalue weighted by Gasteiger charge is 2.19. The maximum atomic E-state index is 13.3. The molecule has 2 N–H and O–H groups in total. The summed E-state index contributed by atoms with van der Waals surface area (Å²) in [5.41, 5.74) is 9.70. The third kappa shape index (κ3) is 1.99. The van der Waals surface area contributed by atoms with E-state index in [1.54, 1.807) is 6.07 Å². The van der Waals surface area contributed by atoms with Crippen molar-refractivity contribution < 1.29 is 4.39 Å². The van der Waals surface area contributed by atoms with Crippen molar-refractivity contribution in [3.63, 3.8) is 0 Å². The second-order valence-corrected chi connectivity index (χ2v) is 4.98. The smallest absolute Gasteiger partial charge is 0.123 e. The first-order chi connectivity index (χ1) is 8.74. The van der Waals surface area contributed by atoms with Gasteiger partial charge in [0.15, 0.2) is 0 Å². The van der Waals surface area contributed by atoms with Crippen LogP contribution in [0.3, 0.4) is 0 Å². The van der Waals surface area contributed by atoms with Crippen LogP contribution in [0.15, 0.2) is 42.5 Å². The molecule has 0 amide bonds. The van der Waals surface area contributed by atoms with Crippen LogP contribution in [0.2, 0.25) is 0 Å². The number of halogens is 1. The van der Waals surface area contributed by atoms with Crippen molar-refractivity contribution in [3.05, 3.63) is 53.8 Å². The number of nitrogens with two attached hydrogens (primary N) is 1. The molecule has 3 rings (SSSR count). The Morgan fingerprint density at radius 1 is 1.06 bits per heavy atom. The lowest BCUT2D eigenvalue weighted by atomic mass is 9.79. The Balaban J connectivity index is 2.02. The van der Waals surface area contributed by atoms with Crippen LogP contribution in [0, 0.1) is 5.82 Å². The summed E-state index contributed by atoms with van der Waals surface area (Å²) in [5, 5.41) is 0.